The summed E-state index contributed by atoms with van der Waals surface area (Å²) in [5.74, 6) is 1.94. The standard InChI is InChI=1S/C52H33N3O2S/c1-52(2)38-29-32(51-54-49(30-15-5-3-6-16-30)53-50(55-51)31-17-7-4-8-18-31)27-28-33(38)45-46(52)48(37-22-14-26-42-44(37)35-20-10-12-24-40(35)57-42)58-47(45)36-21-13-25-41-43(36)34-19-9-11-23-39(34)56-41/h3-29H,1-2H3. The second kappa shape index (κ2) is 12.4. The van der Waals surface area contributed by atoms with Gasteiger partial charge in [0.25, 0.3) is 0 Å². The van der Waals surface area contributed by atoms with Gasteiger partial charge in [-0.25, -0.2) is 15.0 Å². The van der Waals surface area contributed by atoms with Crippen LogP contribution in [0.25, 0.3) is 110 Å². The molecule has 4 aromatic heterocycles. The maximum atomic E-state index is 6.46. The summed E-state index contributed by atoms with van der Waals surface area (Å²) < 4.78 is 12.9. The zero-order chi connectivity index (χ0) is 38.5. The molecule has 58 heavy (non-hydrogen) atoms. The number of benzene rings is 7. The van der Waals surface area contributed by atoms with Crippen molar-refractivity contribution in [1.82, 2.24) is 15.0 Å². The average Bonchev–Trinajstić information content (AvgIpc) is 4.03. The van der Waals surface area contributed by atoms with E-state index in [1.807, 2.05) is 84.1 Å². The van der Waals surface area contributed by atoms with E-state index >= 15 is 0 Å². The van der Waals surface area contributed by atoms with Crippen molar-refractivity contribution >= 4 is 55.2 Å². The van der Waals surface area contributed by atoms with E-state index < -0.39 is 0 Å². The molecule has 5 nitrogen and oxygen atoms in total. The Kier molecular flexibility index (Phi) is 7.08. The van der Waals surface area contributed by atoms with Crippen molar-refractivity contribution in [3.05, 3.63) is 175 Å². The van der Waals surface area contributed by atoms with Crippen molar-refractivity contribution in [1.29, 1.82) is 0 Å². The van der Waals surface area contributed by atoms with Crippen molar-refractivity contribution in [2.75, 3.05) is 0 Å². The molecule has 0 unspecified atom stereocenters. The normalized spacial score (nSPS) is 13.1. The van der Waals surface area contributed by atoms with Gasteiger partial charge in [-0.2, -0.15) is 0 Å². The highest BCUT2D eigenvalue weighted by atomic mass is 32.1. The highest BCUT2D eigenvalue weighted by Gasteiger charge is 2.42. The Morgan fingerprint density at radius 1 is 0.431 bits per heavy atom. The predicted molar refractivity (Wildman–Crippen MR) is 237 cm³/mol. The molecule has 1 aliphatic rings. The maximum Gasteiger partial charge on any atom is 0.164 e. The predicted octanol–water partition coefficient (Wildman–Crippen LogP) is 14.4. The number of hydrogen-bond acceptors (Lipinski definition) is 6. The molecule has 4 heterocycles. The minimum atomic E-state index is -0.379. The van der Waals surface area contributed by atoms with Crippen LogP contribution in [0.1, 0.15) is 25.0 Å². The van der Waals surface area contributed by atoms with Crippen molar-refractivity contribution in [2.45, 2.75) is 19.3 Å². The third-order valence-electron chi connectivity index (χ3n) is 11.7. The van der Waals surface area contributed by atoms with Crippen LogP contribution >= 0.6 is 11.3 Å². The lowest BCUT2D eigenvalue weighted by molar-refractivity contribution is 0.664. The van der Waals surface area contributed by atoms with E-state index in [0.29, 0.717) is 17.5 Å². The monoisotopic (exact) mass is 763 g/mol. The molecule has 0 radical (unpaired) electrons. The first-order valence-electron chi connectivity index (χ1n) is 19.5. The van der Waals surface area contributed by atoms with Gasteiger partial charge in [0.1, 0.15) is 22.3 Å². The molecular formula is C52H33N3O2S. The fourth-order valence-electron chi connectivity index (χ4n) is 9.08. The summed E-state index contributed by atoms with van der Waals surface area (Å²) in [7, 11) is 0. The third kappa shape index (κ3) is 4.85. The first-order chi connectivity index (χ1) is 28.5. The van der Waals surface area contributed by atoms with Gasteiger partial charge < -0.3 is 8.83 Å². The summed E-state index contributed by atoms with van der Waals surface area (Å²) in [6.45, 7) is 4.72. The second-order valence-electron chi connectivity index (χ2n) is 15.5. The summed E-state index contributed by atoms with van der Waals surface area (Å²) in [5.41, 5.74) is 13.4. The molecule has 11 aromatic rings. The molecular weight excluding hydrogens is 731 g/mol. The van der Waals surface area contributed by atoms with E-state index in [9.17, 15) is 0 Å². The third-order valence-corrected chi connectivity index (χ3v) is 13.0. The lowest BCUT2D eigenvalue weighted by Gasteiger charge is -2.23. The molecule has 12 rings (SSSR count). The van der Waals surface area contributed by atoms with E-state index in [-0.39, 0.29) is 5.41 Å². The van der Waals surface area contributed by atoms with Crippen LogP contribution in [-0.2, 0) is 5.41 Å². The van der Waals surface area contributed by atoms with Crippen LogP contribution in [0, 0.1) is 0 Å². The number of hydrogen-bond donors (Lipinski definition) is 0. The van der Waals surface area contributed by atoms with Crippen LogP contribution in [0.2, 0.25) is 0 Å². The smallest absolute Gasteiger partial charge is 0.164 e. The van der Waals surface area contributed by atoms with Crippen LogP contribution in [0.3, 0.4) is 0 Å². The molecule has 0 atom stereocenters. The molecule has 0 saturated heterocycles. The van der Waals surface area contributed by atoms with Gasteiger partial charge in [0, 0.05) is 70.1 Å². The highest BCUT2D eigenvalue weighted by Crippen LogP contribution is 2.61. The SMILES string of the molecule is CC1(C)c2cc(-c3nc(-c4ccccc4)nc(-c4ccccc4)n3)ccc2-c2c(-c3cccc4oc5ccccc5c34)sc(-c3cccc4oc5ccccc5c34)c21. The van der Waals surface area contributed by atoms with E-state index in [4.69, 9.17) is 23.8 Å². The minimum absolute atomic E-state index is 0.379. The van der Waals surface area contributed by atoms with E-state index in [2.05, 4.69) is 105 Å². The number of thiophene rings is 1. The van der Waals surface area contributed by atoms with Crippen LogP contribution in [0.15, 0.2) is 173 Å². The molecule has 0 spiro atoms. The van der Waals surface area contributed by atoms with Crippen LogP contribution in [-0.4, -0.2) is 15.0 Å². The van der Waals surface area contributed by atoms with Crippen molar-refractivity contribution in [3.63, 3.8) is 0 Å². The average molecular weight is 764 g/mol. The summed E-state index contributed by atoms with van der Waals surface area (Å²) in [5, 5.41) is 4.51. The Hall–Kier alpha value is -7.15. The Labute approximate surface area is 337 Å². The minimum Gasteiger partial charge on any atom is -0.456 e. The molecule has 6 heteroatoms. The van der Waals surface area contributed by atoms with Gasteiger partial charge in [-0.3, -0.25) is 0 Å². The highest BCUT2D eigenvalue weighted by molar-refractivity contribution is 7.20. The molecule has 0 bridgehead atoms. The van der Waals surface area contributed by atoms with Crippen LogP contribution in [0.5, 0.6) is 0 Å². The van der Waals surface area contributed by atoms with Gasteiger partial charge in [-0.15, -0.1) is 11.3 Å². The lowest BCUT2D eigenvalue weighted by Crippen LogP contribution is -2.15. The topological polar surface area (TPSA) is 65.0 Å². The first-order valence-corrected chi connectivity index (χ1v) is 20.3. The van der Waals surface area contributed by atoms with Gasteiger partial charge in [0.2, 0.25) is 0 Å². The van der Waals surface area contributed by atoms with Crippen LogP contribution in [0.4, 0.5) is 0 Å². The fourth-order valence-corrected chi connectivity index (χ4v) is 10.6. The molecule has 0 saturated carbocycles. The number of furan rings is 2. The van der Waals surface area contributed by atoms with Gasteiger partial charge >= 0.3 is 0 Å². The van der Waals surface area contributed by atoms with Gasteiger partial charge in [0.15, 0.2) is 17.5 Å². The molecule has 274 valence electrons. The number of rotatable bonds is 5. The summed E-state index contributed by atoms with van der Waals surface area (Å²) in [6, 6.07) is 56.7. The van der Waals surface area contributed by atoms with Gasteiger partial charge in [-0.1, -0.05) is 147 Å². The summed E-state index contributed by atoms with van der Waals surface area (Å²) in [6.07, 6.45) is 0. The van der Waals surface area contributed by atoms with Crippen molar-refractivity contribution in [2.24, 2.45) is 0 Å². The second-order valence-corrected chi connectivity index (χ2v) is 16.5. The Bertz CT molecular complexity index is 3370. The number of para-hydroxylation sites is 2. The van der Waals surface area contributed by atoms with E-state index in [0.717, 1.165) is 60.6 Å². The Balaban J connectivity index is 1.12. The first kappa shape index (κ1) is 33.0. The Morgan fingerprint density at radius 3 is 1.48 bits per heavy atom. The Morgan fingerprint density at radius 2 is 0.914 bits per heavy atom. The summed E-state index contributed by atoms with van der Waals surface area (Å²) in [4.78, 5) is 17.7. The zero-order valence-corrected chi connectivity index (χ0v) is 32.5. The number of nitrogens with zero attached hydrogens (tertiary/aromatic N) is 3. The number of fused-ring (bicyclic) bond motifs is 9. The van der Waals surface area contributed by atoms with Gasteiger partial charge in [0.05, 0.1) is 0 Å². The van der Waals surface area contributed by atoms with Crippen molar-refractivity contribution < 1.29 is 8.83 Å². The van der Waals surface area contributed by atoms with E-state index in [1.54, 1.807) is 0 Å². The van der Waals surface area contributed by atoms with Crippen LogP contribution < -0.4 is 0 Å². The lowest BCUT2D eigenvalue weighted by atomic mass is 9.80. The van der Waals surface area contributed by atoms with Gasteiger partial charge in [-0.05, 0) is 47.0 Å². The molecule has 7 aromatic carbocycles. The maximum absolute atomic E-state index is 6.46. The molecule has 0 N–H and O–H groups in total. The zero-order valence-electron chi connectivity index (χ0n) is 31.7. The number of aromatic nitrogens is 3. The molecule has 0 fully saturated rings. The largest absolute Gasteiger partial charge is 0.456 e. The quantitative estimate of drug-likeness (QED) is 0.175. The molecule has 0 amide bonds. The summed E-state index contributed by atoms with van der Waals surface area (Å²) >= 11 is 1.87. The van der Waals surface area contributed by atoms with E-state index in [1.165, 1.54) is 43.1 Å². The fraction of sp³-hybridized carbons (Fsp3) is 0.0577. The van der Waals surface area contributed by atoms with Crippen molar-refractivity contribution in [3.8, 4) is 66.2 Å². The molecule has 1 aliphatic carbocycles. The molecule has 0 aliphatic heterocycles.